The lowest BCUT2D eigenvalue weighted by atomic mass is 9.86. The zero-order valence-electron chi connectivity index (χ0n) is 11.0. The van der Waals surface area contributed by atoms with Crippen molar-refractivity contribution in [1.29, 1.82) is 0 Å². The number of aliphatic hydroxyl groups is 1. The molecule has 1 saturated heterocycles. The van der Waals surface area contributed by atoms with E-state index in [1.807, 2.05) is 42.5 Å². The average molecular weight is 257 g/mol. The van der Waals surface area contributed by atoms with Crippen molar-refractivity contribution in [2.75, 3.05) is 31.2 Å². The van der Waals surface area contributed by atoms with Gasteiger partial charge in [0.1, 0.15) is 5.60 Å². The third-order valence-electron chi connectivity index (χ3n) is 3.77. The molecule has 100 valence electrons. The average Bonchev–Trinajstić information content (AvgIpc) is 2.49. The Kier molecular flexibility index (Phi) is 3.40. The van der Waals surface area contributed by atoms with Crippen molar-refractivity contribution in [3.63, 3.8) is 0 Å². The molecule has 0 bridgehead atoms. The van der Waals surface area contributed by atoms with Gasteiger partial charge in [-0.05, 0) is 12.1 Å². The smallest absolute Gasteiger partial charge is 0.113 e. The van der Waals surface area contributed by atoms with Crippen molar-refractivity contribution in [2.24, 2.45) is 0 Å². The normalized spacial score (nSPS) is 26.7. The topological polar surface area (TPSA) is 32.7 Å². The highest BCUT2D eigenvalue weighted by atomic mass is 16.5. The van der Waals surface area contributed by atoms with Crippen LogP contribution in [0.2, 0.25) is 0 Å². The van der Waals surface area contributed by atoms with Crippen LogP contribution in [0.5, 0.6) is 0 Å². The number of allylic oxidation sites excluding steroid dienone is 2. The minimum absolute atomic E-state index is 0.630. The highest BCUT2D eigenvalue weighted by molar-refractivity contribution is 5.58. The number of benzene rings is 1. The van der Waals surface area contributed by atoms with Gasteiger partial charge in [0.25, 0.3) is 0 Å². The second kappa shape index (κ2) is 5.19. The zero-order valence-corrected chi connectivity index (χ0v) is 11.0. The molecule has 3 heteroatoms. The van der Waals surface area contributed by atoms with Crippen molar-refractivity contribution in [3.8, 4) is 0 Å². The number of morpholine rings is 1. The van der Waals surface area contributed by atoms with Crippen LogP contribution in [0.15, 0.2) is 48.6 Å². The molecular formula is C16H19NO2. The van der Waals surface area contributed by atoms with Gasteiger partial charge in [-0.1, -0.05) is 36.4 Å². The second-order valence-electron chi connectivity index (χ2n) is 5.03. The molecule has 0 spiro atoms. The molecule has 1 heterocycles. The lowest BCUT2D eigenvalue weighted by Crippen LogP contribution is -2.38. The molecule has 2 aliphatic rings. The van der Waals surface area contributed by atoms with Crippen molar-refractivity contribution in [2.45, 2.75) is 12.0 Å². The minimum Gasteiger partial charge on any atom is -0.381 e. The van der Waals surface area contributed by atoms with E-state index >= 15 is 0 Å². The molecule has 1 N–H and O–H groups in total. The summed E-state index contributed by atoms with van der Waals surface area (Å²) < 4.78 is 5.40. The molecule has 0 aromatic heterocycles. The van der Waals surface area contributed by atoms with E-state index in [9.17, 15) is 5.11 Å². The van der Waals surface area contributed by atoms with E-state index in [-0.39, 0.29) is 0 Å². The molecule has 1 aromatic rings. The van der Waals surface area contributed by atoms with Crippen molar-refractivity contribution < 1.29 is 9.84 Å². The van der Waals surface area contributed by atoms with Gasteiger partial charge < -0.3 is 14.7 Å². The van der Waals surface area contributed by atoms with Gasteiger partial charge in [0, 0.05) is 30.8 Å². The third-order valence-corrected chi connectivity index (χ3v) is 3.77. The Bertz CT molecular complexity index is 503. The van der Waals surface area contributed by atoms with Gasteiger partial charge in [0.2, 0.25) is 0 Å². The standard InChI is InChI=1S/C16H19NO2/c18-16(8-4-1-5-9-16)14-6-2-3-7-15(14)17-10-12-19-13-11-17/h1-8,18H,9-13H2. The molecule has 0 radical (unpaired) electrons. The molecule has 3 rings (SSSR count). The van der Waals surface area contributed by atoms with Crippen LogP contribution in [0.25, 0.3) is 0 Å². The first-order chi connectivity index (χ1) is 9.30. The Morgan fingerprint density at radius 3 is 2.63 bits per heavy atom. The summed E-state index contributed by atoms with van der Waals surface area (Å²) in [5.41, 5.74) is 1.22. The number of hydrogen-bond donors (Lipinski definition) is 1. The molecule has 3 nitrogen and oxygen atoms in total. The maximum Gasteiger partial charge on any atom is 0.113 e. The molecule has 1 fully saturated rings. The second-order valence-corrected chi connectivity index (χ2v) is 5.03. The van der Waals surface area contributed by atoms with E-state index in [1.54, 1.807) is 0 Å². The van der Waals surface area contributed by atoms with E-state index in [0.29, 0.717) is 6.42 Å². The number of para-hydroxylation sites is 1. The summed E-state index contributed by atoms with van der Waals surface area (Å²) in [5, 5.41) is 10.9. The van der Waals surface area contributed by atoms with Crippen LogP contribution in [-0.4, -0.2) is 31.4 Å². The van der Waals surface area contributed by atoms with Crippen molar-refractivity contribution >= 4 is 5.69 Å². The molecule has 1 unspecified atom stereocenters. The first-order valence-corrected chi connectivity index (χ1v) is 6.78. The number of nitrogens with zero attached hydrogens (tertiary/aromatic N) is 1. The Labute approximate surface area is 113 Å². The largest absolute Gasteiger partial charge is 0.381 e. The lowest BCUT2D eigenvalue weighted by molar-refractivity contribution is 0.0907. The predicted molar refractivity (Wildman–Crippen MR) is 76.3 cm³/mol. The number of hydrogen-bond acceptors (Lipinski definition) is 3. The molecule has 1 aliphatic heterocycles. The summed E-state index contributed by atoms with van der Waals surface area (Å²) in [7, 11) is 0. The van der Waals surface area contributed by atoms with Crippen molar-refractivity contribution in [1.82, 2.24) is 0 Å². The highest BCUT2D eigenvalue weighted by Crippen LogP contribution is 2.36. The summed E-state index contributed by atoms with van der Waals surface area (Å²) in [6.45, 7) is 3.27. The fourth-order valence-electron chi connectivity index (χ4n) is 2.73. The van der Waals surface area contributed by atoms with E-state index < -0.39 is 5.60 Å². The highest BCUT2D eigenvalue weighted by Gasteiger charge is 2.30. The quantitative estimate of drug-likeness (QED) is 0.882. The Hall–Kier alpha value is -1.58. The summed E-state index contributed by atoms with van der Waals surface area (Å²) in [4.78, 5) is 2.29. The SMILES string of the molecule is OC1(c2ccccc2N2CCOCC2)C=CC=CC1. The fourth-order valence-corrected chi connectivity index (χ4v) is 2.73. The maximum absolute atomic E-state index is 10.9. The Morgan fingerprint density at radius 2 is 1.89 bits per heavy atom. The number of ether oxygens (including phenoxy) is 1. The van der Waals surface area contributed by atoms with Crippen LogP contribution < -0.4 is 4.90 Å². The van der Waals surface area contributed by atoms with Gasteiger partial charge in [-0.2, -0.15) is 0 Å². The van der Waals surface area contributed by atoms with Gasteiger partial charge >= 0.3 is 0 Å². The summed E-state index contributed by atoms with van der Waals surface area (Å²) in [5.74, 6) is 0. The molecule has 1 aromatic carbocycles. The van der Waals surface area contributed by atoms with Gasteiger partial charge in [-0.25, -0.2) is 0 Å². The van der Waals surface area contributed by atoms with Crippen molar-refractivity contribution in [3.05, 3.63) is 54.1 Å². The van der Waals surface area contributed by atoms with E-state index in [4.69, 9.17) is 4.74 Å². The van der Waals surface area contributed by atoms with Crippen LogP contribution in [0, 0.1) is 0 Å². The third kappa shape index (κ3) is 2.44. The van der Waals surface area contributed by atoms with Crippen LogP contribution >= 0.6 is 0 Å². The van der Waals surface area contributed by atoms with Gasteiger partial charge in [0.05, 0.1) is 13.2 Å². The molecular weight excluding hydrogens is 238 g/mol. The number of anilines is 1. The minimum atomic E-state index is -0.885. The van der Waals surface area contributed by atoms with Crippen LogP contribution in [0.3, 0.4) is 0 Å². The van der Waals surface area contributed by atoms with Gasteiger partial charge in [-0.3, -0.25) is 0 Å². The van der Waals surface area contributed by atoms with Gasteiger partial charge in [0.15, 0.2) is 0 Å². The lowest BCUT2D eigenvalue weighted by Gasteiger charge is -2.35. The first kappa shape index (κ1) is 12.5. The van der Waals surface area contributed by atoms with Crippen LogP contribution in [0.1, 0.15) is 12.0 Å². The molecule has 1 aliphatic carbocycles. The van der Waals surface area contributed by atoms with Gasteiger partial charge in [-0.15, -0.1) is 0 Å². The molecule has 0 saturated carbocycles. The number of rotatable bonds is 2. The van der Waals surface area contributed by atoms with E-state index in [2.05, 4.69) is 11.0 Å². The molecule has 0 amide bonds. The summed E-state index contributed by atoms with van der Waals surface area (Å²) in [6.07, 6.45) is 8.42. The summed E-state index contributed by atoms with van der Waals surface area (Å²) in [6, 6.07) is 8.13. The Balaban J connectivity index is 1.97. The summed E-state index contributed by atoms with van der Waals surface area (Å²) >= 11 is 0. The maximum atomic E-state index is 10.9. The van der Waals surface area contributed by atoms with Crippen LogP contribution in [-0.2, 0) is 10.3 Å². The van der Waals surface area contributed by atoms with Crippen LogP contribution in [0.4, 0.5) is 5.69 Å². The van der Waals surface area contributed by atoms with E-state index in [0.717, 1.165) is 37.6 Å². The molecule has 1 atom stereocenters. The molecule has 19 heavy (non-hydrogen) atoms. The fraction of sp³-hybridized carbons (Fsp3) is 0.375. The predicted octanol–water partition coefficient (Wildman–Crippen LogP) is 2.23. The zero-order chi connectivity index (χ0) is 13.1. The monoisotopic (exact) mass is 257 g/mol. The first-order valence-electron chi connectivity index (χ1n) is 6.78. The Morgan fingerprint density at radius 1 is 1.11 bits per heavy atom. The van der Waals surface area contributed by atoms with E-state index in [1.165, 1.54) is 0 Å².